The third kappa shape index (κ3) is 2.99. The smallest absolute Gasteiger partial charge is 0.310 e. The molecular weight excluding hydrogens is 272 g/mol. The molecule has 1 aliphatic heterocycles. The van der Waals surface area contributed by atoms with E-state index in [4.69, 9.17) is 0 Å². The summed E-state index contributed by atoms with van der Waals surface area (Å²) in [5.74, 6) is 0. The van der Waals surface area contributed by atoms with E-state index in [1.165, 1.54) is 16.7 Å². The Kier molecular flexibility index (Phi) is 3.67. The minimum atomic E-state index is -3.20. The van der Waals surface area contributed by atoms with Gasteiger partial charge in [0.05, 0.1) is 11.2 Å². The Labute approximate surface area is 110 Å². The van der Waals surface area contributed by atoms with Crippen molar-refractivity contribution >= 4 is 21.4 Å². The van der Waals surface area contributed by atoms with Gasteiger partial charge in [0.15, 0.2) is 0 Å². The number of nitrogens with zero attached hydrogens (tertiary/aromatic N) is 4. The van der Waals surface area contributed by atoms with E-state index in [-0.39, 0.29) is 5.69 Å². The van der Waals surface area contributed by atoms with Crippen molar-refractivity contribution in [2.75, 3.05) is 37.3 Å². The molecule has 104 valence electrons. The highest BCUT2D eigenvalue weighted by Crippen LogP contribution is 2.27. The molecule has 1 aromatic heterocycles. The molecule has 19 heavy (non-hydrogen) atoms. The largest absolute Gasteiger partial charge is 0.363 e. The molecule has 1 fully saturated rings. The number of aromatic nitrogens is 1. The fourth-order valence-electron chi connectivity index (χ4n) is 2.05. The third-order valence-electron chi connectivity index (χ3n) is 3.02. The number of hydrogen-bond donors (Lipinski definition) is 0. The number of piperazine rings is 1. The molecule has 0 atom stereocenters. The van der Waals surface area contributed by atoms with Gasteiger partial charge in [-0.25, -0.2) is 8.42 Å². The lowest BCUT2D eigenvalue weighted by Crippen LogP contribution is -2.48. The van der Waals surface area contributed by atoms with E-state index >= 15 is 0 Å². The SMILES string of the molecule is CS(=O)(=O)N1CCN(c2ccncc2[N+](=O)[O-])CC1. The zero-order valence-electron chi connectivity index (χ0n) is 10.4. The van der Waals surface area contributed by atoms with Crippen LogP contribution in [0.15, 0.2) is 18.5 Å². The van der Waals surface area contributed by atoms with E-state index in [0.29, 0.717) is 31.9 Å². The second-order valence-corrected chi connectivity index (χ2v) is 6.25. The average Bonchev–Trinajstić information content (AvgIpc) is 2.38. The van der Waals surface area contributed by atoms with Crippen LogP contribution in [-0.4, -0.2) is 55.1 Å². The molecule has 1 aromatic rings. The lowest BCUT2D eigenvalue weighted by Gasteiger charge is -2.34. The van der Waals surface area contributed by atoms with Crippen molar-refractivity contribution in [3.63, 3.8) is 0 Å². The maximum Gasteiger partial charge on any atom is 0.310 e. The summed E-state index contributed by atoms with van der Waals surface area (Å²) in [4.78, 5) is 16.0. The van der Waals surface area contributed by atoms with Gasteiger partial charge >= 0.3 is 5.69 Å². The maximum absolute atomic E-state index is 11.4. The Balaban J connectivity index is 2.16. The first kappa shape index (κ1) is 13.7. The molecule has 0 saturated carbocycles. The van der Waals surface area contributed by atoms with E-state index in [2.05, 4.69) is 4.98 Å². The topological polar surface area (TPSA) is 96.7 Å². The van der Waals surface area contributed by atoms with Gasteiger partial charge in [0.2, 0.25) is 10.0 Å². The predicted molar refractivity (Wildman–Crippen MR) is 69.5 cm³/mol. The Morgan fingerprint density at radius 2 is 1.95 bits per heavy atom. The molecule has 1 aliphatic rings. The molecule has 0 aromatic carbocycles. The van der Waals surface area contributed by atoms with Gasteiger partial charge in [-0.15, -0.1) is 0 Å². The van der Waals surface area contributed by atoms with E-state index in [1.807, 2.05) is 4.90 Å². The van der Waals surface area contributed by atoms with Crippen LogP contribution in [-0.2, 0) is 10.0 Å². The highest BCUT2D eigenvalue weighted by Gasteiger charge is 2.27. The van der Waals surface area contributed by atoms with Crippen LogP contribution in [0.3, 0.4) is 0 Å². The van der Waals surface area contributed by atoms with Gasteiger partial charge in [0, 0.05) is 32.4 Å². The summed E-state index contributed by atoms with van der Waals surface area (Å²) in [6.07, 6.45) is 3.86. The highest BCUT2D eigenvalue weighted by molar-refractivity contribution is 7.88. The zero-order valence-corrected chi connectivity index (χ0v) is 11.2. The van der Waals surface area contributed by atoms with Crippen molar-refractivity contribution in [1.82, 2.24) is 9.29 Å². The van der Waals surface area contributed by atoms with Crippen molar-refractivity contribution in [1.29, 1.82) is 0 Å². The van der Waals surface area contributed by atoms with Crippen LogP contribution in [0.5, 0.6) is 0 Å². The fourth-order valence-corrected chi connectivity index (χ4v) is 2.87. The summed E-state index contributed by atoms with van der Waals surface area (Å²) < 4.78 is 24.2. The quantitative estimate of drug-likeness (QED) is 0.576. The third-order valence-corrected chi connectivity index (χ3v) is 4.33. The Hall–Kier alpha value is -1.74. The summed E-state index contributed by atoms with van der Waals surface area (Å²) in [6, 6.07) is 1.58. The Morgan fingerprint density at radius 1 is 1.32 bits per heavy atom. The van der Waals surface area contributed by atoms with E-state index in [0.717, 1.165) is 6.26 Å². The number of hydrogen-bond acceptors (Lipinski definition) is 6. The second-order valence-electron chi connectivity index (χ2n) is 4.27. The highest BCUT2D eigenvalue weighted by atomic mass is 32.2. The lowest BCUT2D eigenvalue weighted by molar-refractivity contribution is -0.384. The zero-order chi connectivity index (χ0) is 14.0. The van der Waals surface area contributed by atoms with Gasteiger partial charge in [-0.05, 0) is 6.07 Å². The summed E-state index contributed by atoms with van der Waals surface area (Å²) in [5, 5.41) is 10.9. The lowest BCUT2D eigenvalue weighted by atomic mass is 10.2. The molecule has 0 amide bonds. The van der Waals surface area contributed by atoms with Crippen molar-refractivity contribution in [3.05, 3.63) is 28.6 Å². The summed E-state index contributed by atoms with van der Waals surface area (Å²) in [6.45, 7) is 1.52. The molecule has 8 nitrogen and oxygen atoms in total. The molecular formula is C10H14N4O4S. The number of rotatable bonds is 3. The Bertz CT molecular complexity index is 581. The number of nitro groups is 1. The maximum atomic E-state index is 11.4. The molecule has 2 rings (SSSR count). The molecule has 0 bridgehead atoms. The first-order valence-electron chi connectivity index (χ1n) is 5.68. The summed E-state index contributed by atoms with van der Waals surface area (Å²) >= 11 is 0. The fraction of sp³-hybridized carbons (Fsp3) is 0.500. The first-order valence-corrected chi connectivity index (χ1v) is 7.53. The molecule has 0 aliphatic carbocycles. The van der Waals surface area contributed by atoms with Crippen molar-refractivity contribution in [2.24, 2.45) is 0 Å². The van der Waals surface area contributed by atoms with Gasteiger partial charge < -0.3 is 4.90 Å². The van der Waals surface area contributed by atoms with Gasteiger partial charge in [-0.2, -0.15) is 4.31 Å². The van der Waals surface area contributed by atoms with Crippen LogP contribution < -0.4 is 4.90 Å². The molecule has 0 N–H and O–H groups in total. The molecule has 0 radical (unpaired) electrons. The van der Waals surface area contributed by atoms with Crippen molar-refractivity contribution in [2.45, 2.75) is 0 Å². The van der Waals surface area contributed by atoms with Crippen molar-refractivity contribution in [3.8, 4) is 0 Å². The molecule has 2 heterocycles. The van der Waals surface area contributed by atoms with Crippen LogP contribution >= 0.6 is 0 Å². The molecule has 9 heteroatoms. The normalized spacial score (nSPS) is 17.4. The Morgan fingerprint density at radius 3 is 2.47 bits per heavy atom. The van der Waals surface area contributed by atoms with Crippen molar-refractivity contribution < 1.29 is 13.3 Å². The van der Waals surface area contributed by atoms with Gasteiger partial charge in [0.1, 0.15) is 11.9 Å². The van der Waals surface area contributed by atoms with E-state index < -0.39 is 14.9 Å². The van der Waals surface area contributed by atoms with Gasteiger partial charge in [0.25, 0.3) is 0 Å². The van der Waals surface area contributed by atoms with Crippen LogP contribution in [0, 0.1) is 10.1 Å². The van der Waals surface area contributed by atoms with Crippen LogP contribution in [0.2, 0.25) is 0 Å². The minimum Gasteiger partial charge on any atom is -0.363 e. The molecule has 0 spiro atoms. The molecule has 0 unspecified atom stereocenters. The summed E-state index contributed by atoms with van der Waals surface area (Å²) in [7, 11) is -3.20. The van der Waals surface area contributed by atoms with E-state index in [1.54, 1.807) is 6.07 Å². The second kappa shape index (κ2) is 5.10. The van der Waals surface area contributed by atoms with Crippen LogP contribution in [0.1, 0.15) is 0 Å². The van der Waals surface area contributed by atoms with Gasteiger partial charge in [-0.3, -0.25) is 15.1 Å². The van der Waals surface area contributed by atoms with Crippen LogP contribution in [0.25, 0.3) is 0 Å². The predicted octanol–water partition coefficient (Wildman–Crippen LogP) is 0.0714. The molecule has 1 saturated heterocycles. The number of anilines is 1. The number of sulfonamides is 1. The minimum absolute atomic E-state index is 0.0599. The first-order chi connectivity index (χ1) is 8.89. The summed E-state index contributed by atoms with van der Waals surface area (Å²) in [5.41, 5.74) is 0.420. The standard InChI is InChI=1S/C10H14N4O4S/c1-19(17,18)13-6-4-12(5-7-13)9-2-3-11-8-10(9)14(15)16/h2-3,8H,4-7H2,1H3. The average molecular weight is 286 g/mol. The number of pyridine rings is 1. The monoisotopic (exact) mass is 286 g/mol. The van der Waals surface area contributed by atoms with Crippen LogP contribution in [0.4, 0.5) is 11.4 Å². The van der Waals surface area contributed by atoms with Gasteiger partial charge in [-0.1, -0.05) is 0 Å². The van der Waals surface area contributed by atoms with E-state index in [9.17, 15) is 18.5 Å².